The number of benzene rings is 1. The lowest BCUT2D eigenvalue weighted by Gasteiger charge is -2.29. The molecule has 0 aliphatic rings. The van der Waals surface area contributed by atoms with Gasteiger partial charge in [-0.1, -0.05) is 45.9 Å². The summed E-state index contributed by atoms with van der Waals surface area (Å²) in [4.78, 5) is 4.50. The smallest absolute Gasteiger partial charge is 0.0739 e. The van der Waals surface area contributed by atoms with Gasteiger partial charge in [-0.3, -0.25) is 4.98 Å². The van der Waals surface area contributed by atoms with Gasteiger partial charge in [-0.25, -0.2) is 0 Å². The fourth-order valence-corrected chi connectivity index (χ4v) is 2.67. The van der Waals surface area contributed by atoms with E-state index >= 15 is 0 Å². The van der Waals surface area contributed by atoms with Crippen LogP contribution in [0.3, 0.4) is 0 Å². The van der Waals surface area contributed by atoms with Crippen LogP contribution in [-0.2, 0) is 5.54 Å². The molecule has 0 spiro atoms. The van der Waals surface area contributed by atoms with E-state index in [-0.39, 0.29) is 5.54 Å². The zero-order valence-corrected chi connectivity index (χ0v) is 14.6. The lowest BCUT2D eigenvalue weighted by molar-refractivity contribution is 0.585. The highest BCUT2D eigenvalue weighted by Crippen LogP contribution is 2.32. The van der Waals surface area contributed by atoms with E-state index in [9.17, 15) is 0 Å². The van der Waals surface area contributed by atoms with Crippen LogP contribution in [0.4, 0.5) is 5.69 Å². The highest BCUT2D eigenvalue weighted by molar-refractivity contribution is 5.56. The number of nitrogens with zero attached hydrogens (tertiary/aromatic N) is 1. The first kappa shape index (κ1) is 16.5. The summed E-state index contributed by atoms with van der Waals surface area (Å²) in [5.41, 5.74) is 4.82. The normalized spacial score (nSPS) is 12.0. The van der Waals surface area contributed by atoms with Crippen LogP contribution in [0.5, 0.6) is 0 Å². The quantitative estimate of drug-likeness (QED) is 0.768. The Balaban J connectivity index is 2.36. The average Bonchev–Trinajstić information content (AvgIpc) is 2.47. The molecule has 0 saturated heterocycles. The second-order valence-electron chi connectivity index (χ2n) is 7.12. The Morgan fingerprint density at radius 2 is 1.68 bits per heavy atom. The van der Waals surface area contributed by atoms with E-state index in [1.54, 1.807) is 0 Å². The van der Waals surface area contributed by atoms with Crippen molar-refractivity contribution in [1.82, 2.24) is 4.98 Å². The molecule has 0 aliphatic heterocycles. The van der Waals surface area contributed by atoms with E-state index in [1.165, 1.54) is 16.8 Å². The predicted octanol–water partition coefficient (Wildman–Crippen LogP) is 5.68. The maximum absolute atomic E-state index is 4.50. The second kappa shape index (κ2) is 6.51. The van der Waals surface area contributed by atoms with E-state index in [4.69, 9.17) is 0 Å². The molecule has 1 heterocycles. The molecule has 0 aliphatic carbocycles. The van der Waals surface area contributed by atoms with Gasteiger partial charge < -0.3 is 5.32 Å². The van der Waals surface area contributed by atoms with Gasteiger partial charge in [0.05, 0.1) is 11.2 Å². The average molecular weight is 296 g/mol. The van der Waals surface area contributed by atoms with Gasteiger partial charge in [0.25, 0.3) is 0 Å². The van der Waals surface area contributed by atoms with Crippen molar-refractivity contribution in [3.8, 4) is 0 Å². The number of pyridine rings is 1. The molecule has 2 aromatic rings. The molecule has 2 heteroatoms. The number of rotatable bonds is 5. The summed E-state index contributed by atoms with van der Waals surface area (Å²) in [5, 5.41) is 3.69. The molecule has 0 radical (unpaired) electrons. The minimum absolute atomic E-state index is 0.204. The Labute approximate surface area is 135 Å². The van der Waals surface area contributed by atoms with Gasteiger partial charge in [0.15, 0.2) is 0 Å². The summed E-state index contributed by atoms with van der Waals surface area (Å²) < 4.78 is 0. The first-order chi connectivity index (χ1) is 10.3. The van der Waals surface area contributed by atoms with Crippen molar-refractivity contribution in [3.63, 3.8) is 0 Å². The van der Waals surface area contributed by atoms with E-state index in [0.717, 1.165) is 5.69 Å². The predicted molar refractivity (Wildman–Crippen MR) is 95.5 cm³/mol. The zero-order chi connectivity index (χ0) is 16.3. The number of hydrogen-bond acceptors (Lipinski definition) is 2. The van der Waals surface area contributed by atoms with Crippen molar-refractivity contribution < 1.29 is 0 Å². The van der Waals surface area contributed by atoms with Crippen LogP contribution >= 0.6 is 0 Å². The molecule has 0 amide bonds. The minimum atomic E-state index is -0.204. The molecule has 0 fully saturated rings. The van der Waals surface area contributed by atoms with Gasteiger partial charge in [0.1, 0.15) is 0 Å². The summed E-state index contributed by atoms with van der Waals surface area (Å²) in [6, 6.07) is 12.9. The molecule has 118 valence electrons. The van der Waals surface area contributed by atoms with Crippen molar-refractivity contribution in [2.24, 2.45) is 0 Å². The first-order valence-electron chi connectivity index (χ1n) is 8.15. The van der Waals surface area contributed by atoms with Gasteiger partial charge in [-0.05, 0) is 55.0 Å². The second-order valence-corrected chi connectivity index (χ2v) is 7.12. The van der Waals surface area contributed by atoms with Crippen LogP contribution in [-0.4, -0.2) is 4.98 Å². The Bertz CT molecular complexity index is 613. The maximum atomic E-state index is 4.50. The lowest BCUT2D eigenvalue weighted by atomic mass is 9.92. The third-order valence-corrected chi connectivity index (χ3v) is 4.12. The van der Waals surface area contributed by atoms with E-state index < -0.39 is 0 Å². The molecule has 1 aromatic heterocycles. The van der Waals surface area contributed by atoms with Crippen LogP contribution in [0.15, 0.2) is 42.6 Å². The Hall–Kier alpha value is -1.83. The number of aromatic nitrogens is 1. The van der Waals surface area contributed by atoms with Gasteiger partial charge in [-0.15, -0.1) is 0 Å². The van der Waals surface area contributed by atoms with Crippen molar-refractivity contribution in [1.29, 1.82) is 0 Å². The van der Waals surface area contributed by atoms with Crippen LogP contribution in [0.25, 0.3) is 0 Å². The summed E-state index contributed by atoms with van der Waals surface area (Å²) in [6.07, 6.45) is 1.85. The summed E-state index contributed by atoms with van der Waals surface area (Å²) in [7, 11) is 0. The SMILES string of the molecule is CC(C)c1ccc(NC(C)(C)c2ccccn2)c(C(C)C)c1. The largest absolute Gasteiger partial charge is 0.374 e. The van der Waals surface area contributed by atoms with E-state index in [0.29, 0.717) is 11.8 Å². The molecule has 0 saturated carbocycles. The molecular formula is C20H28N2. The minimum Gasteiger partial charge on any atom is -0.374 e. The van der Waals surface area contributed by atoms with Crippen LogP contribution in [0.2, 0.25) is 0 Å². The fourth-order valence-electron chi connectivity index (χ4n) is 2.67. The van der Waals surface area contributed by atoms with Crippen molar-refractivity contribution in [2.75, 3.05) is 5.32 Å². The highest BCUT2D eigenvalue weighted by atomic mass is 15.0. The monoisotopic (exact) mass is 296 g/mol. The molecule has 2 rings (SSSR count). The molecule has 0 unspecified atom stereocenters. The molecule has 1 aromatic carbocycles. The molecule has 0 atom stereocenters. The number of anilines is 1. The fraction of sp³-hybridized carbons (Fsp3) is 0.450. The Kier molecular flexibility index (Phi) is 4.90. The third kappa shape index (κ3) is 3.68. The van der Waals surface area contributed by atoms with Crippen molar-refractivity contribution >= 4 is 5.69 Å². The highest BCUT2D eigenvalue weighted by Gasteiger charge is 2.23. The molecule has 2 nitrogen and oxygen atoms in total. The summed E-state index contributed by atoms with van der Waals surface area (Å²) in [6.45, 7) is 13.3. The van der Waals surface area contributed by atoms with Gasteiger partial charge in [0, 0.05) is 11.9 Å². The van der Waals surface area contributed by atoms with Crippen LogP contribution in [0.1, 0.15) is 70.2 Å². The van der Waals surface area contributed by atoms with Crippen molar-refractivity contribution in [3.05, 3.63) is 59.4 Å². The van der Waals surface area contributed by atoms with Gasteiger partial charge in [0.2, 0.25) is 0 Å². The van der Waals surface area contributed by atoms with Gasteiger partial charge in [-0.2, -0.15) is 0 Å². The third-order valence-electron chi connectivity index (χ3n) is 4.12. The summed E-state index contributed by atoms with van der Waals surface area (Å²) >= 11 is 0. The van der Waals surface area contributed by atoms with Crippen molar-refractivity contribution in [2.45, 2.75) is 58.9 Å². The molecule has 1 N–H and O–H groups in total. The zero-order valence-electron chi connectivity index (χ0n) is 14.6. The van der Waals surface area contributed by atoms with Crippen LogP contribution in [0, 0.1) is 0 Å². The lowest BCUT2D eigenvalue weighted by Crippen LogP contribution is -2.29. The molecule has 22 heavy (non-hydrogen) atoms. The van der Waals surface area contributed by atoms with E-state index in [2.05, 4.69) is 76.1 Å². The molecular weight excluding hydrogens is 268 g/mol. The standard InChI is InChI=1S/C20H28N2/c1-14(2)16-10-11-18(17(13-16)15(3)4)22-20(5,6)19-9-7-8-12-21-19/h7-15,22H,1-6H3. The number of hydrogen-bond donors (Lipinski definition) is 1. The first-order valence-corrected chi connectivity index (χ1v) is 8.15. The maximum Gasteiger partial charge on any atom is 0.0739 e. The number of nitrogens with one attached hydrogen (secondary N) is 1. The topological polar surface area (TPSA) is 24.9 Å². The molecule has 0 bridgehead atoms. The Morgan fingerprint density at radius 1 is 0.955 bits per heavy atom. The summed E-state index contributed by atoms with van der Waals surface area (Å²) in [5.74, 6) is 1.04. The van der Waals surface area contributed by atoms with Crippen LogP contribution < -0.4 is 5.32 Å². The van der Waals surface area contributed by atoms with Gasteiger partial charge >= 0.3 is 0 Å². The van der Waals surface area contributed by atoms with E-state index in [1.807, 2.05) is 18.3 Å². The Morgan fingerprint density at radius 3 is 2.23 bits per heavy atom.